The summed E-state index contributed by atoms with van der Waals surface area (Å²) in [5.74, 6) is 1.05. The summed E-state index contributed by atoms with van der Waals surface area (Å²) in [4.78, 5) is 19.0. The fourth-order valence-electron chi connectivity index (χ4n) is 3.02. The molecule has 0 bridgehead atoms. The van der Waals surface area contributed by atoms with Crippen molar-refractivity contribution in [3.8, 4) is 11.5 Å². The molecule has 4 rings (SSSR count). The maximum atomic E-state index is 13.2. The number of hydrogen-bond donors (Lipinski definition) is 0. The van der Waals surface area contributed by atoms with E-state index >= 15 is 0 Å². The average molecular weight is 407 g/mol. The molecule has 6 heteroatoms. The molecule has 0 spiro atoms. The summed E-state index contributed by atoms with van der Waals surface area (Å²) in [7, 11) is 0. The summed E-state index contributed by atoms with van der Waals surface area (Å²) >= 11 is 6.06. The molecule has 0 aliphatic carbocycles. The van der Waals surface area contributed by atoms with Gasteiger partial charge in [0.05, 0.1) is 0 Å². The number of anilines is 1. The molecule has 2 aromatic carbocycles. The summed E-state index contributed by atoms with van der Waals surface area (Å²) in [5.41, 5.74) is 2.03. The second-order valence-electron chi connectivity index (χ2n) is 6.42. The highest BCUT2D eigenvalue weighted by Gasteiger charge is 2.21. The summed E-state index contributed by atoms with van der Waals surface area (Å²) in [6.45, 7) is 1.36. The van der Waals surface area contributed by atoms with Crippen LogP contribution in [0.3, 0.4) is 0 Å². The standard InChI is InChI=1S/C23H19ClN2O3/c24-18-10-11-25-20(15-18)23(27)26(12-4-7-17-5-2-1-3-6-17)19-8-9-21-22(16-19)29-14-13-28-21/h1-11,15-16H,12-14H2/b7-4+. The Morgan fingerprint density at radius 2 is 1.83 bits per heavy atom. The lowest BCUT2D eigenvalue weighted by Gasteiger charge is -2.24. The van der Waals surface area contributed by atoms with Crippen LogP contribution in [0.5, 0.6) is 11.5 Å². The van der Waals surface area contributed by atoms with Gasteiger partial charge in [0.25, 0.3) is 5.91 Å². The predicted octanol–water partition coefficient (Wildman–Crippen LogP) is 4.87. The molecule has 3 aromatic rings. The van der Waals surface area contributed by atoms with Crippen LogP contribution in [0.25, 0.3) is 6.08 Å². The Bertz CT molecular complexity index is 1040. The van der Waals surface area contributed by atoms with Crippen LogP contribution in [0.4, 0.5) is 5.69 Å². The molecule has 0 saturated carbocycles. The first-order chi connectivity index (χ1) is 14.2. The molecule has 1 aliphatic rings. The third-order valence-corrected chi connectivity index (χ3v) is 4.66. The van der Waals surface area contributed by atoms with Crippen molar-refractivity contribution in [2.24, 2.45) is 0 Å². The number of halogens is 1. The van der Waals surface area contributed by atoms with Crippen LogP contribution >= 0.6 is 11.6 Å². The van der Waals surface area contributed by atoms with Gasteiger partial charge in [-0.15, -0.1) is 0 Å². The zero-order valence-electron chi connectivity index (χ0n) is 15.6. The summed E-state index contributed by atoms with van der Waals surface area (Å²) in [5, 5.41) is 0.463. The van der Waals surface area contributed by atoms with Gasteiger partial charge in [-0.05, 0) is 29.8 Å². The predicted molar refractivity (Wildman–Crippen MR) is 114 cm³/mol. The summed E-state index contributed by atoms with van der Waals surface area (Å²) in [6, 6.07) is 18.6. The van der Waals surface area contributed by atoms with E-state index in [0.29, 0.717) is 42.0 Å². The molecule has 0 fully saturated rings. The summed E-state index contributed by atoms with van der Waals surface area (Å²) in [6.07, 6.45) is 5.44. The number of ether oxygens (including phenoxy) is 2. The maximum Gasteiger partial charge on any atom is 0.277 e. The number of fused-ring (bicyclic) bond motifs is 1. The van der Waals surface area contributed by atoms with E-state index in [1.807, 2.05) is 60.7 Å². The zero-order chi connectivity index (χ0) is 20.1. The molecule has 1 aromatic heterocycles. The van der Waals surface area contributed by atoms with E-state index in [1.54, 1.807) is 17.0 Å². The topological polar surface area (TPSA) is 51.7 Å². The lowest BCUT2D eigenvalue weighted by atomic mass is 10.2. The molecule has 2 heterocycles. The monoisotopic (exact) mass is 406 g/mol. The largest absolute Gasteiger partial charge is 0.486 e. The average Bonchev–Trinajstić information content (AvgIpc) is 2.77. The Balaban J connectivity index is 1.65. The lowest BCUT2D eigenvalue weighted by Crippen LogP contribution is -2.32. The normalized spacial score (nSPS) is 12.7. The van der Waals surface area contributed by atoms with Crippen molar-refractivity contribution < 1.29 is 14.3 Å². The van der Waals surface area contributed by atoms with Crippen LogP contribution in [-0.2, 0) is 0 Å². The molecule has 0 atom stereocenters. The lowest BCUT2D eigenvalue weighted by molar-refractivity contribution is 0.0985. The van der Waals surface area contributed by atoms with Gasteiger partial charge >= 0.3 is 0 Å². The summed E-state index contributed by atoms with van der Waals surface area (Å²) < 4.78 is 11.3. The molecule has 1 aliphatic heterocycles. The first-order valence-electron chi connectivity index (χ1n) is 9.25. The van der Waals surface area contributed by atoms with Gasteiger partial charge in [-0.1, -0.05) is 54.1 Å². The second kappa shape index (κ2) is 8.80. The van der Waals surface area contributed by atoms with Crippen molar-refractivity contribution in [2.75, 3.05) is 24.7 Å². The number of amides is 1. The SMILES string of the molecule is O=C(c1cc(Cl)ccn1)N(C/C=C/c1ccccc1)c1ccc2c(c1)OCCO2. The third-order valence-electron chi connectivity index (χ3n) is 4.42. The van der Waals surface area contributed by atoms with Crippen LogP contribution < -0.4 is 14.4 Å². The highest BCUT2D eigenvalue weighted by Crippen LogP contribution is 2.34. The number of benzene rings is 2. The quantitative estimate of drug-likeness (QED) is 0.606. The molecule has 146 valence electrons. The van der Waals surface area contributed by atoms with Gasteiger partial charge in [-0.25, -0.2) is 0 Å². The van der Waals surface area contributed by atoms with Gasteiger partial charge < -0.3 is 14.4 Å². The van der Waals surface area contributed by atoms with Gasteiger partial charge in [0.1, 0.15) is 18.9 Å². The van der Waals surface area contributed by atoms with Crippen LogP contribution in [0, 0.1) is 0 Å². The number of rotatable bonds is 5. The molecule has 5 nitrogen and oxygen atoms in total. The Morgan fingerprint density at radius 1 is 1.03 bits per heavy atom. The van der Waals surface area contributed by atoms with E-state index in [2.05, 4.69) is 4.98 Å². The maximum absolute atomic E-state index is 13.2. The number of nitrogens with zero attached hydrogens (tertiary/aromatic N) is 2. The van der Waals surface area contributed by atoms with E-state index in [1.165, 1.54) is 6.20 Å². The smallest absolute Gasteiger partial charge is 0.277 e. The second-order valence-corrected chi connectivity index (χ2v) is 6.85. The number of carbonyl (C=O) groups excluding carboxylic acids is 1. The number of carbonyl (C=O) groups is 1. The number of aromatic nitrogens is 1. The molecular formula is C23H19ClN2O3. The fourth-order valence-corrected chi connectivity index (χ4v) is 3.18. The minimum atomic E-state index is -0.248. The van der Waals surface area contributed by atoms with Crippen molar-refractivity contribution in [1.82, 2.24) is 4.98 Å². The molecule has 0 unspecified atom stereocenters. The Kier molecular flexibility index (Phi) is 5.77. The van der Waals surface area contributed by atoms with E-state index in [4.69, 9.17) is 21.1 Å². The Morgan fingerprint density at radius 3 is 2.62 bits per heavy atom. The molecule has 0 radical (unpaired) electrons. The minimum absolute atomic E-state index is 0.248. The van der Waals surface area contributed by atoms with Gasteiger partial charge in [-0.2, -0.15) is 0 Å². The van der Waals surface area contributed by atoms with Crippen LogP contribution in [-0.4, -0.2) is 30.6 Å². The minimum Gasteiger partial charge on any atom is -0.486 e. The Labute approximate surface area is 174 Å². The van der Waals surface area contributed by atoms with E-state index in [0.717, 1.165) is 5.56 Å². The number of hydrogen-bond acceptors (Lipinski definition) is 4. The fraction of sp³-hybridized carbons (Fsp3) is 0.130. The first-order valence-corrected chi connectivity index (χ1v) is 9.63. The third kappa shape index (κ3) is 4.58. The van der Waals surface area contributed by atoms with Gasteiger partial charge in [0.2, 0.25) is 0 Å². The molecule has 0 N–H and O–H groups in total. The van der Waals surface area contributed by atoms with Gasteiger partial charge in [-0.3, -0.25) is 9.78 Å². The molecule has 1 amide bonds. The van der Waals surface area contributed by atoms with Crippen LogP contribution in [0.1, 0.15) is 16.1 Å². The van der Waals surface area contributed by atoms with E-state index in [9.17, 15) is 4.79 Å². The highest BCUT2D eigenvalue weighted by atomic mass is 35.5. The first kappa shape index (κ1) is 19.0. The van der Waals surface area contributed by atoms with Crippen molar-refractivity contribution in [2.45, 2.75) is 0 Å². The van der Waals surface area contributed by atoms with Crippen molar-refractivity contribution in [3.63, 3.8) is 0 Å². The van der Waals surface area contributed by atoms with Gasteiger partial charge in [0.15, 0.2) is 11.5 Å². The van der Waals surface area contributed by atoms with Crippen LogP contribution in [0.2, 0.25) is 5.02 Å². The molecular weight excluding hydrogens is 388 g/mol. The van der Waals surface area contributed by atoms with Crippen molar-refractivity contribution >= 4 is 29.3 Å². The van der Waals surface area contributed by atoms with E-state index in [-0.39, 0.29) is 11.6 Å². The highest BCUT2D eigenvalue weighted by molar-refractivity contribution is 6.31. The number of pyridine rings is 1. The van der Waals surface area contributed by atoms with Gasteiger partial charge in [0, 0.05) is 29.5 Å². The van der Waals surface area contributed by atoms with E-state index < -0.39 is 0 Å². The zero-order valence-corrected chi connectivity index (χ0v) is 16.4. The van der Waals surface area contributed by atoms with Crippen molar-refractivity contribution in [1.29, 1.82) is 0 Å². The Hall–Kier alpha value is -3.31. The molecule has 0 saturated heterocycles. The van der Waals surface area contributed by atoms with Crippen LogP contribution in [0.15, 0.2) is 72.9 Å². The van der Waals surface area contributed by atoms with Crippen molar-refractivity contribution in [3.05, 3.63) is 89.2 Å². The molecule has 29 heavy (non-hydrogen) atoms.